The lowest BCUT2D eigenvalue weighted by Gasteiger charge is -2.03. The molecule has 2 aromatic rings. The van der Waals surface area contributed by atoms with Crippen molar-refractivity contribution in [3.8, 4) is 0 Å². The van der Waals surface area contributed by atoms with Gasteiger partial charge in [-0.25, -0.2) is 9.50 Å². The fourth-order valence-corrected chi connectivity index (χ4v) is 1.99. The number of hydrogen-bond donors (Lipinski definition) is 1. The van der Waals surface area contributed by atoms with Gasteiger partial charge in [0, 0.05) is 31.6 Å². The molecular formula is C14H19N5O2. The van der Waals surface area contributed by atoms with Crippen molar-refractivity contribution in [2.45, 2.75) is 26.2 Å². The normalized spacial score (nSPS) is 14.5. The first-order valence-electron chi connectivity index (χ1n) is 7.28. The molecule has 0 radical (unpaired) electrons. The standard InChI is InChI=1S/C14H19N5O2/c1-10-5-7-16-14-17-12(18-19(10)14)13(20)15-6-2-8-21-9-11-3-4-11/h5,7,11H,2-4,6,8-9H2,1H3,(H,15,20). The van der Waals surface area contributed by atoms with Crippen LogP contribution in [0.2, 0.25) is 0 Å². The quantitative estimate of drug-likeness (QED) is 0.768. The lowest BCUT2D eigenvalue weighted by Crippen LogP contribution is -2.26. The molecule has 0 saturated heterocycles. The second-order valence-electron chi connectivity index (χ2n) is 5.36. The van der Waals surface area contributed by atoms with Gasteiger partial charge in [-0.05, 0) is 38.2 Å². The third kappa shape index (κ3) is 3.55. The van der Waals surface area contributed by atoms with Crippen molar-refractivity contribution in [1.82, 2.24) is 24.9 Å². The van der Waals surface area contributed by atoms with Crippen molar-refractivity contribution in [3.05, 3.63) is 23.8 Å². The van der Waals surface area contributed by atoms with Gasteiger partial charge in [-0.15, -0.1) is 5.10 Å². The van der Waals surface area contributed by atoms with Crippen LogP contribution in [0.4, 0.5) is 0 Å². The Hall–Kier alpha value is -2.02. The number of carbonyl (C=O) groups is 1. The molecule has 7 heteroatoms. The average molecular weight is 289 g/mol. The maximum absolute atomic E-state index is 12.0. The molecule has 1 aliphatic rings. The van der Waals surface area contributed by atoms with Crippen molar-refractivity contribution in [1.29, 1.82) is 0 Å². The van der Waals surface area contributed by atoms with Crippen molar-refractivity contribution in [3.63, 3.8) is 0 Å². The molecule has 7 nitrogen and oxygen atoms in total. The highest BCUT2D eigenvalue weighted by molar-refractivity contribution is 5.90. The first kappa shape index (κ1) is 13.9. The van der Waals surface area contributed by atoms with Crippen LogP contribution in [0.1, 0.15) is 35.6 Å². The van der Waals surface area contributed by atoms with Gasteiger partial charge in [0.2, 0.25) is 5.82 Å². The Kier molecular flexibility index (Phi) is 4.10. The molecule has 1 amide bonds. The van der Waals surface area contributed by atoms with E-state index in [1.165, 1.54) is 12.8 Å². The predicted octanol–water partition coefficient (Wildman–Crippen LogP) is 0.979. The highest BCUT2D eigenvalue weighted by Gasteiger charge is 2.20. The van der Waals surface area contributed by atoms with E-state index in [-0.39, 0.29) is 11.7 Å². The monoisotopic (exact) mass is 289 g/mol. The van der Waals surface area contributed by atoms with Gasteiger partial charge in [-0.3, -0.25) is 4.79 Å². The Morgan fingerprint density at radius 3 is 3.14 bits per heavy atom. The van der Waals surface area contributed by atoms with E-state index in [1.54, 1.807) is 10.7 Å². The summed E-state index contributed by atoms with van der Waals surface area (Å²) in [6, 6.07) is 1.82. The fourth-order valence-electron chi connectivity index (χ4n) is 1.99. The Morgan fingerprint density at radius 1 is 1.52 bits per heavy atom. The van der Waals surface area contributed by atoms with Crippen LogP contribution in [-0.2, 0) is 4.74 Å². The number of amides is 1. The zero-order valence-electron chi connectivity index (χ0n) is 12.1. The van der Waals surface area contributed by atoms with E-state index < -0.39 is 0 Å². The molecule has 0 atom stereocenters. The number of fused-ring (bicyclic) bond motifs is 1. The van der Waals surface area contributed by atoms with Gasteiger partial charge >= 0.3 is 0 Å². The summed E-state index contributed by atoms with van der Waals surface area (Å²) in [5.74, 6) is 1.09. The Morgan fingerprint density at radius 2 is 2.38 bits per heavy atom. The van der Waals surface area contributed by atoms with Gasteiger partial charge < -0.3 is 10.1 Å². The van der Waals surface area contributed by atoms with Crippen molar-refractivity contribution >= 4 is 11.7 Å². The molecule has 1 aliphatic carbocycles. The van der Waals surface area contributed by atoms with Crippen LogP contribution >= 0.6 is 0 Å². The van der Waals surface area contributed by atoms with Gasteiger partial charge in [-0.2, -0.15) is 4.98 Å². The summed E-state index contributed by atoms with van der Waals surface area (Å²) in [6.45, 7) is 3.98. The third-order valence-electron chi connectivity index (χ3n) is 3.43. The largest absolute Gasteiger partial charge is 0.381 e. The summed E-state index contributed by atoms with van der Waals surface area (Å²) in [4.78, 5) is 20.2. The van der Waals surface area contributed by atoms with E-state index in [1.807, 2.05) is 13.0 Å². The molecule has 1 fully saturated rings. The number of aryl methyl sites for hydroxylation is 1. The molecule has 0 bridgehead atoms. The van der Waals surface area contributed by atoms with Crippen LogP contribution in [-0.4, -0.2) is 45.2 Å². The van der Waals surface area contributed by atoms with E-state index >= 15 is 0 Å². The van der Waals surface area contributed by atoms with Gasteiger partial charge in [0.1, 0.15) is 0 Å². The number of rotatable bonds is 7. The molecule has 2 aromatic heterocycles. The molecule has 0 aliphatic heterocycles. The van der Waals surface area contributed by atoms with Crippen LogP contribution in [0, 0.1) is 12.8 Å². The van der Waals surface area contributed by atoms with Crippen molar-refractivity contribution in [2.75, 3.05) is 19.8 Å². The lowest BCUT2D eigenvalue weighted by molar-refractivity contribution is 0.0927. The summed E-state index contributed by atoms with van der Waals surface area (Å²) < 4.78 is 7.08. The summed E-state index contributed by atoms with van der Waals surface area (Å²) >= 11 is 0. The molecule has 3 rings (SSSR count). The lowest BCUT2D eigenvalue weighted by atomic mass is 10.4. The molecule has 2 heterocycles. The molecule has 0 aromatic carbocycles. The molecule has 0 unspecified atom stereocenters. The van der Waals surface area contributed by atoms with Crippen molar-refractivity contribution < 1.29 is 9.53 Å². The van der Waals surface area contributed by atoms with Gasteiger partial charge in [0.25, 0.3) is 11.7 Å². The van der Waals surface area contributed by atoms with E-state index in [2.05, 4.69) is 20.4 Å². The maximum Gasteiger partial charge on any atom is 0.291 e. The summed E-state index contributed by atoms with van der Waals surface area (Å²) in [5, 5.41) is 6.96. The van der Waals surface area contributed by atoms with E-state index in [9.17, 15) is 4.79 Å². The zero-order valence-corrected chi connectivity index (χ0v) is 12.1. The van der Waals surface area contributed by atoms with Crippen LogP contribution in [0.15, 0.2) is 12.3 Å². The third-order valence-corrected chi connectivity index (χ3v) is 3.43. The van der Waals surface area contributed by atoms with E-state index in [0.29, 0.717) is 18.9 Å². The Labute approximate surface area is 122 Å². The van der Waals surface area contributed by atoms with Crippen LogP contribution in [0.5, 0.6) is 0 Å². The highest BCUT2D eigenvalue weighted by Crippen LogP contribution is 2.28. The minimum absolute atomic E-state index is 0.149. The maximum atomic E-state index is 12.0. The average Bonchev–Trinajstić information content (AvgIpc) is 3.19. The predicted molar refractivity (Wildman–Crippen MR) is 76.0 cm³/mol. The summed E-state index contributed by atoms with van der Waals surface area (Å²) in [5.41, 5.74) is 0.889. The molecule has 21 heavy (non-hydrogen) atoms. The minimum atomic E-state index is -0.276. The molecule has 112 valence electrons. The van der Waals surface area contributed by atoms with E-state index in [0.717, 1.165) is 24.6 Å². The molecule has 1 N–H and O–H groups in total. The summed E-state index contributed by atoms with van der Waals surface area (Å²) in [7, 11) is 0. The number of ether oxygens (including phenoxy) is 1. The molecule has 1 saturated carbocycles. The van der Waals surface area contributed by atoms with E-state index in [4.69, 9.17) is 4.74 Å². The highest BCUT2D eigenvalue weighted by atomic mass is 16.5. The van der Waals surface area contributed by atoms with Crippen LogP contribution in [0.3, 0.4) is 0 Å². The summed E-state index contributed by atoms with van der Waals surface area (Å²) in [6.07, 6.45) is 5.04. The smallest absolute Gasteiger partial charge is 0.291 e. The second kappa shape index (κ2) is 6.17. The topological polar surface area (TPSA) is 81.4 Å². The van der Waals surface area contributed by atoms with Crippen molar-refractivity contribution in [2.24, 2.45) is 5.92 Å². The number of aromatic nitrogens is 4. The van der Waals surface area contributed by atoms with Gasteiger partial charge in [0.15, 0.2) is 0 Å². The Balaban J connectivity index is 1.46. The first-order chi connectivity index (χ1) is 10.2. The SMILES string of the molecule is Cc1ccnc2nc(C(=O)NCCCOCC3CC3)nn12. The fraction of sp³-hybridized carbons (Fsp3) is 0.571. The Bertz CT molecular complexity index is 635. The number of nitrogens with zero attached hydrogens (tertiary/aromatic N) is 4. The number of carbonyl (C=O) groups excluding carboxylic acids is 1. The number of nitrogens with one attached hydrogen (secondary N) is 1. The second-order valence-corrected chi connectivity index (χ2v) is 5.36. The van der Waals surface area contributed by atoms with Gasteiger partial charge in [0.05, 0.1) is 0 Å². The zero-order chi connectivity index (χ0) is 14.7. The number of hydrogen-bond acceptors (Lipinski definition) is 5. The molecular weight excluding hydrogens is 270 g/mol. The van der Waals surface area contributed by atoms with Gasteiger partial charge in [-0.1, -0.05) is 0 Å². The van der Waals surface area contributed by atoms with Crippen LogP contribution < -0.4 is 5.32 Å². The molecule has 0 spiro atoms. The van der Waals surface area contributed by atoms with Crippen LogP contribution in [0.25, 0.3) is 5.78 Å². The first-order valence-corrected chi connectivity index (χ1v) is 7.28. The minimum Gasteiger partial charge on any atom is -0.381 e.